The fourth-order valence-corrected chi connectivity index (χ4v) is 7.54. The minimum Gasteiger partial charge on any atom is -0.208 e. The second-order valence-corrected chi connectivity index (χ2v) is 12.7. The van der Waals surface area contributed by atoms with Gasteiger partial charge in [0.1, 0.15) is 0 Å². The zero-order chi connectivity index (χ0) is 31.2. The van der Waals surface area contributed by atoms with Crippen LogP contribution >= 0.6 is 11.8 Å². The molecule has 9 rings (SSSR count). The molecule has 0 saturated heterocycles. The Bertz CT molecular complexity index is 2410. The van der Waals surface area contributed by atoms with Gasteiger partial charge < -0.3 is 0 Å². The lowest BCUT2D eigenvalue weighted by Gasteiger charge is -2.22. The van der Waals surface area contributed by atoms with Crippen LogP contribution in [0.1, 0.15) is 0 Å². The van der Waals surface area contributed by atoms with Crippen LogP contribution in [0.5, 0.6) is 0 Å². The molecule has 1 aliphatic rings. The summed E-state index contributed by atoms with van der Waals surface area (Å²) in [6.07, 6.45) is 0. The van der Waals surface area contributed by atoms with Gasteiger partial charge in [0.2, 0.25) is 0 Å². The molecule has 0 saturated carbocycles. The van der Waals surface area contributed by atoms with Crippen molar-refractivity contribution in [3.63, 3.8) is 0 Å². The van der Waals surface area contributed by atoms with E-state index in [1.165, 1.54) is 48.4 Å². The molecule has 0 spiro atoms. The quantitative estimate of drug-likeness (QED) is 0.193. The number of rotatable bonds is 5. The number of benzene rings is 7. The van der Waals surface area contributed by atoms with E-state index in [-0.39, 0.29) is 0 Å². The van der Waals surface area contributed by atoms with Gasteiger partial charge in [-0.3, -0.25) is 0 Å². The van der Waals surface area contributed by atoms with Crippen LogP contribution in [0, 0.1) is 0 Å². The number of hydrogen-bond acceptors (Lipinski definition) is 4. The molecule has 1 aliphatic heterocycles. The van der Waals surface area contributed by atoms with E-state index in [2.05, 4.69) is 127 Å². The molecule has 0 aliphatic carbocycles. The average molecular weight is 618 g/mol. The van der Waals surface area contributed by atoms with Gasteiger partial charge in [0.15, 0.2) is 17.5 Å². The molecule has 220 valence electrons. The Morgan fingerprint density at radius 3 is 1.51 bits per heavy atom. The molecule has 3 nitrogen and oxygen atoms in total. The molecule has 0 bridgehead atoms. The van der Waals surface area contributed by atoms with Crippen molar-refractivity contribution >= 4 is 22.5 Å². The van der Waals surface area contributed by atoms with Crippen molar-refractivity contribution in [2.75, 3.05) is 0 Å². The predicted molar refractivity (Wildman–Crippen MR) is 194 cm³/mol. The molecule has 0 fully saturated rings. The van der Waals surface area contributed by atoms with Gasteiger partial charge in [-0.1, -0.05) is 157 Å². The third-order valence-corrected chi connectivity index (χ3v) is 9.89. The van der Waals surface area contributed by atoms with Gasteiger partial charge >= 0.3 is 0 Å². The standard InChI is InChI=1S/C43H27N3S/c1-4-11-28(12-5-1)29-19-21-32(22-20-29)42-44-41(31-15-8-3-9-16-31)45-43(46-42)33-23-25-38-37(27-33)36-18-10-17-35-34(30-13-6-2-7-14-30)24-26-39(47-38)40(35)36/h1-27H. The Hall–Kier alpha value is -5.84. The Morgan fingerprint density at radius 2 is 0.830 bits per heavy atom. The summed E-state index contributed by atoms with van der Waals surface area (Å²) in [4.78, 5) is 17.6. The third kappa shape index (κ3) is 5.00. The van der Waals surface area contributed by atoms with Crippen molar-refractivity contribution in [1.29, 1.82) is 0 Å². The van der Waals surface area contributed by atoms with Crippen LogP contribution in [-0.2, 0) is 0 Å². The van der Waals surface area contributed by atoms with E-state index >= 15 is 0 Å². The first kappa shape index (κ1) is 27.5. The van der Waals surface area contributed by atoms with Crippen molar-refractivity contribution in [3.8, 4) is 67.5 Å². The molecule has 47 heavy (non-hydrogen) atoms. The highest BCUT2D eigenvalue weighted by molar-refractivity contribution is 7.99. The molecule has 2 heterocycles. The summed E-state index contributed by atoms with van der Waals surface area (Å²) in [5, 5.41) is 2.56. The van der Waals surface area contributed by atoms with Gasteiger partial charge in [0, 0.05) is 31.9 Å². The Labute approximate surface area is 277 Å². The molecule has 4 heteroatoms. The van der Waals surface area contributed by atoms with Gasteiger partial charge in [0.05, 0.1) is 0 Å². The molecule has 1 aromatic heterocycles. The molecule has 0 amide bonds. The second-order valence-electron chi connectivity index (χ2n) is 11.6. The average Bonchev–Trinajstić information content (AvgIpc) is 3.16. The van der Waals surface area contributed by atoms with Crippen molar-refractivity contribution in [2.24, 2.45) is 0 Å². The van der Waals surface area contributed by atoms with Crippen LogP contribution in [-0.4, -0.2) is 15.0 Å². The van der Waals surface area contributed by atoms with Crippen molar-refractivity contribution in [1.82, 2.24) is 15.0 Å². The van der Waals surface area contributed by atoms with Crippen molar-refractivity contribution < 1.29 is 0 Å². The second kappa shape index (κ2) is 11.5. The number of hydrogen-bond donors (Lipinski definition) is 0. The van der Waals surface area contributed by atoms with Crippen LogP contribution in [0.25, 0.3) is 78.3 Å². The highest BCUT2D eigenvalue weighted by Crippen LogP contribution is 2.50. The molecule has 0 unspecified atom stereocenters. The van der Waals surface area contributed by atoms with E-state index in [1.54, 1.807) is 0 Å². The van der Waals surface area contributed by atoms with Crippen LogP contribution in [0.2, 0.25) is 0 Å². The largest absolute Gasteiger partial charge is 0.208 e. The lowest BCUT2D eigenvalue weighted by molar-refractivity contribution is 1.07. The normalized spacial score (nSPS) is 11.7. The maximum absolute atomic E-state index is 5.07. The number of aromatic nitrogens is 3. The summed E-state index contributed by atoms with van der Waals surface area (Å²) in [5.41, 5.74) is 10.1. The first-order valence-corrected chi connectivity index (χ1v) is 16.5. The Kier molecular flexibility index (Phi) is 6.72. The van der Waals surface area contributed by atoms with Crippen LogP contribution in [0.4, 0.5) is 0 Å². The topological polar surface area (TPSA) is 38.7 Å². The summed E-state index contributed by atoms with van der Waals surface area (Å²) in [5.74, 6) is 1.97. The molecule has 0 atom stereocenters. The smallest absolute Gasteiger partial charge is 0.164 e. The molecule has 0 radical (unpaired) electrons. The van der Waals surface area contributed by atoms with Crippen molar-refractivity contribution in [2.45, 2.75) is 9.79 Å². The van der Waals surface area contributed by atoms with E-state index in [9.17, 15) is 0 Å². The SMILES string of the molecule is c1ccc(-c2ccc(-c3nc(-c4ccccc4)nc(-c4ccc5c(c4)-c4cccc6c(-c7ccccc7)ccc(c46)S5)n3)cc2)cc1. The molecule has 7 aromatic carbocycles. The fourth-order valence-electron chi connectivity index (χ4n) is 6.43. The maximum Gasteiger partial charge on any atom is 0.164 e. The van der Waals surface area contributed by atoms with E-state index in [1.807, 2.05) is 48.2 Å². The van der Waals surface area contributed by atoms with E-state index in [4.69, 9.17) is 15.0 Å². The van der Waals surface area contributed by atoms with Crippen LogP contribution < -0.4 is 0 Å². The lowest BCUT2D eigenvalue weighted by atomic mass is 9.92. The van der Waals surface area contributed by atoms with E-state index in [0.717, 1.165) is 22.3 Å². The first-order chi connectivity index (χ1) is 23.3. The Balaban J connectivity index is 1.18. The van der Waals surface area contributed by atoms with E-state index in [0.29, 0.717) is 17.5 Å². The highest BCUT2D eigenvalue weighted by atomic mass is 32.2. The van der Waals surface area contributed by atoms with Gasteiger partial charge in [-0.25, -0.2) is 15.0 Å². The molecule has 0 N–H and O–H groups in total. The minimum atomic E-state index is 0.653. The summed E-state index contributed by atoms with van der Waals surface area (Å²) >= 11 is 1.83. The fraction of sp³-hybridized carbons (Fsp3) is 0. The summed E-state index contributed by atoms with van der Waals surface area (Å²) in [6.45, 7) is 0. The Morgan fingerprint density at radius 1 is 0.319 bits per heavy atom. The molecule has 8 aromatic rings. The summed E-state index contributed by atoms with van der Waals surface area (Å²) in [7, 11) is 0. The van der Waals surface area contributed by atoms with Crippen LogP contribution in [0.3, 0.4) is 0 Å². The van der Waals surface area contributed by atoms with E-state index < -0.39 is 0 Å². The zero-order valence-corrected chi connectivity index (χ0v) is 26.2. The maximum atomic E-state index is 5.07. The molecular weight excluding hydrogens is 591 g/mol. The zero-order valence-electron chi connectivity index (χ0n) is 25.3. The molecular formula is C43H27N3S. The highest BCUT2D eigenvalue weighted by Gasteiger charge is 2.22. The monoisotopic (exact) mass is 617 g/mol. The van der Waals surface area contributed by atoms with Crippen LogP contribution in [0.15, 0.2) is 174 Å². The van der Waals surface area contributed by atoms with Crippen molar-refractivity contribution in [3.05, 3.63) is 164 Å². The lowest BCUT2D eigenvalue weighted by Crippen LogP contribution is -2.01. The van der Waals surface area contributed by atoms with Gasteiger partial charge in [-0.05, 0) is 57.0 Å². The van der Waals surface area contributed by atoms with Gasteiger partial charge in [-0.15, -0.1) is 0 Å². The number of fused-ring (bicyclic) bond motifs is 2. The summed E-state index contributed by atoms with van der Waals surface area (Å²) in [6, 6.07) is 57.4. The van der Waals surface area contributed by atoms with Gasteiger partial charge in [0.25, 0.3) is 0 Å². The third-order valence-electron chi connectivity index (χ3n) is 8.75. The van der Waals surface area contributed by atoms with Gasteiger partial charge in [-0.2, -0.15) is 0 Å². The summed E-state index contributed by atoms with van der Waals surface area (Å²) < 4.78 is 0. The first-order valence-electron chi connectivity index (χ1n) is 15.7. The predicted octanol–water partition coefficient (Wildman–Crippen LogP) is 11.5. The number of nitrogens with zero attached hydrogens (tertiary/aromatic N) is 3. The minimum absolute atomic E-state index is 0.653.